The van der Waals surface area contributed by atoms with Gasteiger partial charge in [-0.05, 0) is 29.5 Å². The van der Waals surface area contributed by atoms with Crippen LogP contribution < -0.4 is 5.32 Å². The number of aryl methyl sites for hydroxylation is 1. The highest BCUT2D eigenvalue weighted by molar-refractivity contribution is 7.99. The molecule has 5 heteroatoms. The minimum atomic E-state index is 0.512. The maximum atomic E-state index is 4.06. The molecule has 0 saturated heterocycles. The van der Waals surface area contributed by atoms with Crippen LogP contribution in [0.3, 0.4) is 0 Å². The molecule has 0 saturated carbocycles. The van der Waals surface area contributed by atoms with Crippen LogP contribution in [0.25, 0.3) is 0 Å². The van der Waals surface area contributed by atoms with Crippen LogP contribution in [0.4, 0.5) is 0 Å². The van der Waals surface area contributed by atoms with Gasteiger partial charge in [0.15, 0.2) is 5.16 Å². The molecule has 0 aliphatic heterocycles. The SMILES string of the molecule is CC(C)NCc1ccc(Sc2nncn2C)cc1. The summed E-state index contributed by atoms with van der Waals surface area (Å²) in [5.74, 6) is 0. The number of hydrogen-bond acceptors (Lipinski definition) is 4. The fraction of sp³-hybridized carbons (Fsp3) is 0.385. The zero-order valence-corrected chi connectivity index (χ0v) is 11.7. The predicted molar refractivity (Wildman–Crippen MR) is 73.5 cm³/mol. The van der Waals surface area contributed by atoms with Crippen molar-refractivity contribution in [3.05, 3.63) is 36.2 Å². The molecule has 1 heterocycles. The van der Waals surface area contributed by atoms with E-state index in [-0.39, 0.29) is 0 Å². The highest BCUT2D eigenvalue weighted by Crippen LogP contribution is 2.25. The molecule has 2 aromatic rings. The lowest BCUT2D eigenvalue weighted by molar-refractivity contribution is 0.588. The van der Waals surface area contributed by atoms with Crippen molar-refractivity contribution in [3.8, 4) is 0 Å². The van der Waals surface area contributed by atoms with E-state index in [4.69, 9.17) is 0 Å². The lowest BCUT2D eigenvalue weighted by atomic mass is 10.2. The molecule has 18 heavy (non-hydrogen) atoms. The molecule has 1 N–H and O–H groups in total. The zero-order chi connectivity index (χ0) is 13.0. The van der Waals surface area contributed by atoms with E-state index < -0.39 is 0 Å². The first-order chi connectivity index (χ1) is 8.65. The standard InChI is InChI=1S/C13H18N4S/c1-10(2)14-8-11-4-6-12(7-5-11)18-13-16-15-9-17(13)3/h4-7,9-10,14H,8H2,1-3H3. The zero-order valence-electron chi connectivity index (χ0n) is 10.9. The first-order valence-corrected chi connectivity index (χ1v) is 6.81. The van der Waals surface area contributed by atoms with Gasteiger partial charge in [0.05, 0.1) is 0 Å². The maximum Gasteiger partial charge on any atom is 0.195 e. The number of aromatic nitrogens is 3. The molecule has 0 unspecified atom stereocenters. The first-order valence-electron chi connectivity index (χ1n) is 5.99. The van der Waals surface area contributed by atoms with Gasteiger partial charge >= 0.3 is 0 Å². The van der Waals surface area contributed by atoms with Gasteiger partial charge in [-0.2, -0.15) is 0 Å². The number of nitrogens with one attached hydrogen (secondary N) is 1. The van der Waals surface area contributed by atoms with Crippen LogP contribution in [-0.4, -0.2) is 20.8 Å². The van der Waals surface area contributed by atoms with E-state index in [9.17, 15) is 0 Å². The molecule has 1 aromatic heterocycles. The summed E-state index contributed by atoms with van der Waals surface area (Å²) in [5, 5.41) is 12.2. The maximum absolute atomic E-state index is 4.06. The molecule has 0 aliphatic carbocycles. The van der Waals surface area contributed by atoms with Gasteiger partial charge in [0.2, 0.25) is 0 Å². The molecule has 0 spiro atoms. The third-order valence-corrected chi connectivity index (χ3v) is 3.58. The average molecular weight is 262 g/mol. The Bertz CT molecular complexity index is 490. The Morgan fingerprint density at radius 3 is 2.56 bits per heavy atom. The molecule has 4 nitrogen and oxygen atoms in total. The second-order valence-corrected chi connectivity index (χ2v) is 5.55. The molecule has 0 atom stereocenters. The van der Waals surface area contributed by atoms with Gasteiger partial charge in [-0.25, -0.2) is 0 Å². The van der Waals surface area contributed by atoms with Gasteiger partial charge in [0.1, 0.15) is 6.33 Å². The minimum Gasteiger partial charge on any atom is -0.311 e. The van der Waals surface area contributed by atoms with E-state index in [1.165, 1.54) is 10.5 Å². The number of rotatable bonds is 5. The van der Waals surface area contributed by atoms with Gasteiger partial charge in [0.25, 0.3) is 0 Å². The smallest absolute Gasteiger partial charge is 0.195 e. The minimum absolute atomic E-state index is 0.512. The van der Waals surface area contributed by atoms with Crippen LogP contribution in [-0.2, 0) is 13.6 Å². The normalized spacial score (nSPS) is 11.1. The van der Waals surface area contributed by atoms with Crippen LogP contribution in [0, 0.1) is 0 Å². The highest BCUT2D eigenvalue weighted by Gasteiger charge is 2.03. The molecule has 0 aliphatic rings. The van der Waals surface area contributed by atoms with Gasteiger partial charge in [-0.15, -0.1) is 10.2 Å². The van der Waals surface area contributed by atoms with E-state index >= 15 is 0 Å². The Labute approximate surface area is 112 Å². The molecular formula is C13H18N4S. The molecule has 96 valence electrons. The summed E-state index contributed by atoms with van der Waals surface area (Å²) in [5.41, 5.74) is 1.30. The summed E-state index contributed by atoms with van der Waals surface area (Å²) < 4.78 is 1.92. The van der Waals surface area contributed by atoms with E-state index in [2.05, 4.69) is 53.6 Å². The highest BCUT2D eigenvalue weighted by atomic mass is 32.2. The molecule has 0 fully saturated rings. The van der Waals surface area contributed by atoms with Crippen molar-refractivity contribution in [2.24, 2.45) is 7.05 Å². The van der Waals surface area contributed by atoms with E-state index in [1.807, 2.05) is 11.6 Å². The van der Waals surface area contributed by atoms with Crippen molar-refractivity contribution in [1.82, 2.24) is 20.1 Å². The van der Waals surface area contributed by atoms with Crippen molar-refractivity contribution in [2.75, 3.05) is 0 Å². The summed E-state index contributed by atoms with van der Waals surface area (Å²) in [6.07, 6.45) is 1.71. The second kappa shape index (κ2) is 6.02. The Kier molecular flexibility index (Phi) is 4.38. The Morgan fingerprint density at radius 2 is 2.00 bits per heavy atom. The molecule has 0 radical (unpaired) electrons. The van der Waals surface area contributed by atoms with E-state index in [0.717, 1.165) is 11.7 Å². The van der Waals surface area contributed by atoms with E-state index in [1.54, 1.807) is 18.1 Å². The second-order valence-electron chi connectivity index (χ2n) is 4.51. The summed E-state index contributed by atoms with van der Waals surface area (Å²) >= 11 is 1.62. The monoisotopic (exact) mass is 262 g/mol. The molecule has 0 bridgehead atoms. The van der Waals surface area contributed by atoms with Crippen LogP contribution >= 0.6 is 11.8 Å². The van der Waals surface area contributed by atoms with Crippen LogP contribution in [0.5, 0.6) is 0 Å². The van der Waals surface area contributed by atoms with Crippen LogP contribution in [0.1, 0.15) is 19.4 Å². The summed E-state index contributed by atoms with van der Waals surface area (Å²) in [6, 6.07) is 9.05. The van der Waals surface area contributed by atoms with Crippen LogP contribution in [0.15, 0.2) is 40.6 Å². The van der Waals surface area contributed by atoms with Crippen molar-refractivity contribution < 1.29 is 0 Å². The van der Waals surface area contributed by atoms with Crippen molar-refractivity contribution >= 4 is 11.8 Å². The Morgan fingerprint density at radius 1 is 1.28 bits per heavy atom. The Hall–Kier alpha value is -1.33. The number of hydrogen-bond donors (Lipinski definition) is 1. The lowest BCUT2D eigenvalue weighted by Crippen LogP contribution is -2.21. The third kappa shape index (κ3) is 3.58. The first kappa shape index (κ1) is 13.1. The van der Waals surface area contributed by atoms with Crippen molar-refractivity contribution in [1.29, 1.82) is 0 Å². The Balaban J connectivity index is 1.97. The average Bonchev–Trinajstić information content (AvgIpc) is 2.74. The molecule has 0 amide bonds. The third-order valence-electron chi connectivity index (χ3n) is 2.52. The van der Waals surface area contributed by atoms with Gasteiger partial charge in [0, 0.05) is 24.5 Å². The summed E-state index contributed by atoms with van der Waals surface area (Å²) in [7, 11) is 1.95. The topological polar surface area (TPSA) is 42.7 Å². The van der Waals surface area contributed by atoms with Gasteiger partial charge in [-0.1, -0.05) is 26.0 Å². The van der Waals surface area contributed by atoms with Crippen LogP contribution in [0.2, 0.25) is 0 Å². The molecular weight excluding hydrogens is 244 g/mol. The fourth-order valence-corrected chi connectivity index (χ4v) is 2.23. The molecule has 1 aromatic carbocycles. The fourth-order valence-electron chi connectivity index (χ4n) is 1.47. The summed E-state index contributed by atoms with van der Waals surface area (Å²) in [4.78, 5) is 1.18. The van der Waals surface area contributed by atoms with E-state index in [0.29, 0.717) is 6.04 Å². The lowest BCUT2D eigenvalue weighted by Gasteiger charge is -2.08. The molecule has 2 rings (SSSR count). The number of nitrogens with zero attached hydrogens (tertiary/aromatic N) is 3. The van der Waals surface area contributed by atoms with Crippen molar-refractivity contribution in [2.45, 2.75) is 36.5 Å². The van der Waals surface area contributed by atoms with Gasteiger partial charge in [-0.3, -0.25) is 0 Å². The summed E-state index contributed by atoms with van der Waals surface area (Å²) in [6.45, 7) is 5.21. The van der Waals surface area contributed by atoms with Gasteiger partial charge < -0.3 is 9.88 Å². The van der Waals surface area contributed by atoms with Crippen molar-refractivity contribution in [3.63, 3.8) is 0 Å². The quantitative estimate of drug-likeness (QED) is 0.899. The predicted octanol–water partition coefficient (Wildman–Crippen LogP) is 2.46. The number of benzene rings is 1. The largest absolute Gasteiger partial charge is 0.311 e.